The minimum Gasteiger partial charge on any atom is -0.496 e. The van der Waals surface area contributed by atoms with Crippen molar-refractivity contribution in [3.05, 3.63) is 29.3 Å². The van der Waals surface area contributed by atoms with Crippen molar-refractivity contribution >= 4 is 5.91 Å². The van der Waals surface area contributed by atoms with Gasteiger partial charge in [0.25, 0.3) is 5.91 Å². The normalized spacial score (nSPS) is 17.8. The fourth-order valence-electron chi connectivity index (χ4n) is 2.52. The Bertz CT molecular complexity index is 569. The number of benzene rings is 1. The third-order valence-electron chi connectivity index (χ3n) is 4.08. The zero-order valence-corrected chi connectivity index (χ0v) is 12.8. The molecule has 21 heavy (non-hydrogen) atoms. The Kier molecular flexibility index (Phi) is 4.49. The summed E-state index contributed by atoms with van der Waals surface area (Å²) >= 11 is 0. The molecule has 0 saturated carbocycles. The van der Waals surface area contributed by atoms with Gasteiger partial charge in [0, 0.05) is 18.7 Å². The van der Waals surface area contributed by atoms with E-state index in [1.54, 1.807) is 19.2 Å². The SMILES string of the molecule is COc1cc(C(=O)NC2(C#N)CCN(C)CC2)ccc1C. The van der Waals surface area contributed by atoms with Crippen molar-refractivity contribution in [2.45, 2.75) is 25.3 Å². The van der Waals surface area contributed by atoms with Gasteiger partial charge in [-0.25, -0.2) is 0 Å². The molecule has 1 aromatic carbocycles. The Labute approximate surface area is 125 Å². The number of carbonyl (C=O) groups excluding carboxylic acids is 1. The van der Waals surface area contributed by atoms with Crippen LogP contribution in [0.3, 0.4) is 0 Å². The Hall–Kier alpha value is -2.06. The van der Waals surface area contributed by atoms with E-state index in [1.807, 2.05) is 20.0 Å². The minimum atomic E-state index is -0.762. The van der Waals surface area contributed by atoms with Crippen molar-refractivity contribution in [3.63, 3.8) is 0 Å². The molecule has 1 fully saturated rings. The summed E-state index contributed by atoms with van der Waals surface area (Å²) in [6.07, 6.45) is 1.30. The molecule has 1 saturated heterocycles. The highest BCUT2D eigenvalue weighted by atomic mass is 16.5. The second-order valence-corrected chi connectivity index (χ2v) is 5.64. The van der Waals surface area contributed by atoms with Gasteiger partial charge < -0.3 is 15.0 Å². The van der Waals surface area contributed by atoms with Crippen LogP contribution >= 0.6 is 0 Å². The summed E-state index contributed by atoms with van der Waals surface area (Å²) in [6, 6.07) is 7.61. The van der Waals surface area contributed by atoms with Crippen LogP contribution in [0.5, 0.6) is 5.75 Å². The Morgan fingerprint density at radius 3 is 2.67 bits per heavy atom. The van der Waals surface area contributed by atoms with Gasteiger partial charge in [-0.2, -0.15) is 5.26 Å². The third-order valence-corrected chi connectivity index (χ3v) is 4.08. The van der Waals surface area contributed by atoms with E-state index in [4.69, 9.17) is 4.74 Å². The average Bonchev–Trinajstić information content (AvgIpc) is 2.50. The average molecular weight is 287 g/mol. The Morgan fingerprint density at radius 2 is 2.10 bits per heavy atom. The van der Waals surface area contributed by atoms with E-state index in [1.165, 1.54) is 0 Å². The first kappa shape index (κ1) is 15.3. The molecule has 0 radical (unpaired) electrons. The first-order chi connectivity index (χ1) is 9.99. The maximum atomic E-state index is 12.4. The number of nitriles is 1. The number of methoxy groups -OCH3 is 1. The number of nitrogens with zero attached hydrogens (tertiary/aromatic N) is 2. The number of nitrogens with one attached hydrogen (secondary N) is 1. The van der Waals surface area contributed by atoms with E-state index in [0.29, 0.717) is 24.2 Å². The standard InChI is InChI=1S/C16H21N3O2/c1-12-4-5-13(10-14(12)21-3)15(20)18-16(11-17)6-8-19(2)9-7-16/h4-5,10H,6-9H2,1-3H3,(H,18,20). The summed E-state index contributed by atoms with van der Waals surface area (Å²) in [5, 5.41) is 12.4. The number of rotatable bonds is 3. The van der Waals surface area contributed by atoms with E-state index in [9.17, 15) is 10.1 Å². The van der Waals surface area contributed by atoms with Crippen LogP contribution in [0.25, 0.3) is 0 Å². The van der Waals surface area contributed by atoms with E-state index >= 15 is 0 Å². The monoisotopic (exact) mass is 287 g/mol. The van der Waals surface area contributed by atoms with Crippen LogP contribution in [0.2, 0.25) is 0 Å². The van der Waals surface area contributed by atoms with Gasteiger partial charge in [-0.05, 0) is 44.5 Å². The lowest BCUT2D eigenvalue weighted by atomic mass is 9.89. The second kappa shape index (κ2) is 6.15. The summed E-state index contributed by atoms with van der Waals surface area (Å²) in [6.45, 7) is 3.55. The zero-order chi connectivity index (χ0) is 15.5. The zero-order valence-electron chi connectivity index (χ0n) is 12.8. The number of piperidine rings is 1. The second-order valence-electron chi connectivity index (χ2n) is 5.64. The number of ether oxygens (including phenoxy) is 1. The van der Waals surface area contributed by atoms with Crippen LogP contribution in [-0.2, 0) is 0 Å². The number of aryl methyl sites for hydroxylation is 1. The molecule has 0 spiro atoms. The predicted molar refractivity (Wildman–Crippen MR) is 80.3 cm³/mol. The highest BCUT2D eigenvalue weighted by Gasteiger charge is 2.35. The number of carbonyl (C=O) groups is 1. The molecular formula is C16H21N3O2. The lowest BCUT2D eigenvalue weighted by Gasteiger charge is -2.36. The van der Waals surface area contributed by atoms with Crippen LogP contribution in [0, 0.1) is 18.3 Å². The van der Waals surface area contributed by atoms with Gasteiger partial charge in [0.2, 0.25) is 0 Å². The van der Waals surface area contributed by atoms with Crippen LogP contribution in [-0.4, -0.2) is 43.6 Å². The van der Waals surface area contributed by atoms with Crippen molar-refractivity contribution in [2.75, 3.05) is 27.2 Å². The summed E-state index contributed by atoms with van der Waals surface area (Å²) in [4.78, 5) is 14.6. The van der Waals surface area contributed by atoms with E-state index < -0.39 is 5.54 Å². The van der Waals surface area contributed by atoms with Crippen LogP contribution in [0.4, 0.5) is 0 Å². The van der Waals surface area contributed by atoms with Crippen molar-refractivity contribution in [1.82, 2.24) is 10.2 Å². The molecule has 5 heteroatoms. The third kappa shape index (κ3) is 3.34. The first-order valence-corrected chi connectivity index (χ1v) is 7.06. The highest BCUT2D eigenvalue weighted by Crippen LogP contribution is 2.23. The van der Waals surface area contributed by atoms with Crippen LogP contribution in [0.15, 0.2) is 18.2 Å². The minimum absolute atomic E-state index is 0.223. The molecule has 0 atom stereocenters. The largest absolute Gasteiger partial charge is 0.496 e. The van der Waals surface area contributed by atoms with Crippen molar-refractivity contribution < 1.29 is 9.53 Å². The van der Waals surface area contributed by atoms with Crippen LogP contribution in [0.1, 0.15) is 28.8 Å². The number of amides is 1. The topological polar surface area (TPSA) is 65.4 Å². The Morgan fingerprint density at radius 1 is 1.43 bits per heavy atom. The summed E-state index contributed by atoms with van der Waals surface area (Å²) in [5.41, 5.74) is 0.733. The predicted octanol–water partition coefficient (Wildman–Crippen LogP) is 1.72. The summed E-state index contributed by atoms with van der Waals surface area (Å²) in [5.74, 6) is 0.455. The first-order valence-electron chi connectivity index (χ1n) is 7.06. The van der Waals surface area contributed by atoms with E-state index in [0.717, 1.165) is 18.7 Å². The molecule has 1 aromatic rings. The number of hydrogen-bond donors (Lipinski definition) is 1. The molecule has 1 aliphatic rings. The molecule has 0 aromatic heterocycles. The van der Waals surface area contributed by atoms with Crippen LogP contribution < -0.4 is 10.1 Å². The summed E-state index contributed by atoms with van der Waals surface area (Å²) in [7, 11) is 3.60. The molecule has 0 unspecified atom stereocenters. The van der Waals surface area contributed by atoms with Gasteiger partial charge in [-0.1, -0.05) is 6.07 Å². The van der Waals surface area contributed by atoms with Gasteiger partial charge in [-0.15, -0.1) is 0 Å². The van der Waals surface area contributed by atoms with Gasteiger partial charge in [0.15, 0.2) is 0 Å². The fourth-order valence-corrected chi connectivity index (χ4v) is 2.52. The summed E-state index contributed by atoms with van der Waals surface area (Å²) < 4.78 is 5.24. The maximum absolute atomic E-state index is 12.4. The highest BCUT2D eigenvalue weighted by molar-refractivity contribution is 5.95. The van der Waals surface area contributed by atoms with Gasteiger partial charge in [0.05, 0.1) is 13.2 Å². The molecule has 1 N–H and O–H groups in total. The molecule has 0 aliphatic carbocycles. The van der Waals surface area contributed by atoms with Crippen molar-refractivity contribution in [3.8, 4) is 11.8 Å². The fraction of sp³-hybridized carbons (Fsp3) is 0.500. The van der Waals surface area contributed by atoms with Gasteiger partial charge in [0.1, 0.15) is 11.3 Å². The van der Waals surface area contributed by atoms with Crippen molar-refractivity contribution in [1.29, 1.82) is 5.26 Å². The molecule has 1 aliphatic heterocycles. The van der Waals surface area contributed by atoms with Gasteiger partial charge in [-0.3, -0.25) is 4.79 Å². The molecular weight excluding hydrogens is 266 g/mol. The van der Waals surface area contributed by atoms with Gasteiger partial charge >= 0.3 is 0 Å². The van der Waals surface area contributed by atoms with E-state index in [-0.39, 0.29) is 5.91 Å². The smallest absolute Gasteiger partial charge is 0.252 e. The lowest BCUT2D eigenvalue weighted by Crippen LogP contribution is -2.53. The molecule has 2 rings (SSSR count). The number of hydrogen-bond acceptors (Lipinski definition) is 4. The maximum Gasteiger partial charge on any atom is 0.252 e. The van der Waals surface area contributed by atoms with Crippen molar-refractivity contribution in [2.24, 2.45) is 0 Å². The lowest BCUT2D eigenvalue weighted by molar-refractivity contribution is 0.0881. The Balaban J connectivity index is 2.15. The number of likely N-dealkylation sites (tertiary alicyclic amines) is 1. The molecule has 5 nitrogen and oxygen atoms in total. The molecule has 1 amide bonds. The quantitative estimate of drug-likeness (QED) is 0.919. The molecule has 112 valence electrons. The van der Waals surface area contributed by atoms with E-state index in [2.05, 4.69) is 16.3 Å². The molecule has 1 heterocycles. The molecule has 0 bridgehead atoms.